The number of aryl methyl sites for hydroxylation is 1. The molecule has 0 saturated heterocycles. The Morgan fingerprint density at radius 2 is 1.70 bits per heavy atom. The van der Waals surface area contributed by atoms with Crippen molar-refractivity contribution in [3.63, 3.8) is 0 Å². The Kier molecular flexibility index (Phi) is 9.19. The third-order valence-corrected chi connectivity index (χ3v) is 8.13. The Morgan fingerprint density at radius 3 is 2.40 bits per heavy atom. The van der Waals surface area contributed by atoms with Crippen molar-refractivity contribution in [1.82, 2.24) is 14.9 Å². The van der Waals surface area contributed by atoms with Gasteiger partial charge in [0, 0.05) is 19.0 Å². The highest BCUT2D eigenvalue weighted by molar-refractivity contribution is 6.06. The molecule has 7 heteroatoms. The molecule has 0 aliphatic heterocycles. The molecule has 1 aromatic heterocycles. The fourth-order valence-electron chi connectivity index (χ4n) is 5.89. The van der Waals surface area contributed by atoms with Gasteiger partial charge in [-0.1, -0.05) is 75.1 Å². The molecule has 5 rings (SSSR count). The van der Waals surface area contributed by atoms with E-state index >= 15 is 0 Å². The number of benzene rings is 3. The molecule has 0 bridgehead atoms. The summed E-state index contributed by atoms with van der Waals surface area (Å²) in [5.41, 5.74) is 12.0. The largest absolute Gasteiger partial charge is 0.456 e. The SMILES string of the molecule is CCCCc1nc2c(N)c(C(=O)NC3CCCCC3)ccc2n1Cc1ccc(-c2ccccc2C(=O)OC(C)(C)C)cc1. The third kappa shape index (κ3) is 7.10. The van der Waals surface area contributed by atoms with Gasteiger partial charge in [-0.05, 0) is 74.9 Å². The van der Waals surface area contributed by atoms with Crippen LogP contribution >= 0.6 is 0 Å². The van der Waals surface area contributed by atoms with Gasteiger partial charge in [-0.2, -0.15) is 0 Å². The predicted octanol–water partition coefficient (Wildman–Crippen LogP) is 7.69. The zero-order valence-corrected chi connectivity index (χ0v) is 25.9. The Labute approximate surface area is 254 Å². The Bertz CT molecular complexity index is 1590. The highest BCUT2D eigenvalue weighted by Crippen LogP contribution is 2.30. The van der Waals surface area contributed by atoms with Crippen molar-refractivity contribution in [1.29, 1.82) is 0 Å². The zero-order chi connectivity index (χ0) is 30.6. The lowest BCUT2D eigenvalue weighted by molar-refractivity contribution is 0.00703. The zero-order valence-electron chi connectivity index (χ0n) is 25.9. The van der Waals surface area contributed by atoms with Gasteiger partial charge < -0.3 is 20.4 Å². The molecule has 1 aliphatic carbocycles. The summed E-state index contributed by atoms with van der Waals surface area (Å²) < 4.78 is 7.87. The van der Waals surface area contributed by atoms with Crippen molar-refractivity contribution in [2.24, 2.45) is 0 Å². The lowest BCUT2D eigenvalue weighted by Gasteiger charge is -2.23. The van der Waals surface area contributed by atoms with E-state index in [0.29, 0.717) is 28.9 Å². The number of anilines is 1. The van der Waals surface area contributed by atoms with E-state index in [1.54, 1.807) is 0 Å². The second-order valence-electron chi connectivity index (χ2n) is 12.7. The number of ether oxygens (including phenoxy) is 1. The number of nitrogen functional groups attached to an aromatic ring is 1. The van der Waals surface area contributed by atoms with E-state index in [1.165, 1.54) is 6.42 Å². The summed E-state index contributed by atoms with van der Waals surface area (Å²) in [6.45, 7) is 8.41. The van der Waals surface area contributed by atoms with Crippen molar-refractivity contribution in [3.05, 3.63) is 83.2 Å². The Balaban J connectivity index is 1.42. The summed E-state index contributed by atoms with van der Waals surface area (Å²) in [7, 11) is 0. The molecule has 4 aromatic rings. The van der Waals surface area contributed by atoms with Gasteiger partial charge in [0.15, 0.2) is 0 Å². The number of hydrogen-bond acceptors (Lipinski definition) is 5. The predicted molar refractivity (Wildman–Crippen MR) is 173 cm³/mol. The van der Waals surface area contributed by atoms with Gasteiger partial charge in [-0.15, -0.1) is 0 Å². The van der Waals surface area contributed by atoms with Crippen LogP contribution in [0.4, 0.5) is 5.69 Å². The van der Waals surface area contributed by atoms with Crippen LogP contribution in [0.3, 0.4) is 0 Å². The number of rotatable bonds is 9. The van der Waals surface area contributed by atoms with Crippen molar-refractivity contribution in [2.75, 3.05) is 5.73 Å². The van der Waals surface area contributed by atoms with E-state index < -0.39 is 5.60 Å². The fraction of sp³-hybridized carbons (Fsp3) is 0.417. The summed E-state index contributed by atoms with van der Waals surface area (Å²) in [5.74, 6) is 0.521. The Hall–Kier alpha value is -4.13. The summed E-state index contributed by atoms with van der Waals surface area (Å²) in [5, 5.41) is 3.19. The van der Waals surface area contributed by atoms with Crippen molar-refractivity contribution >= 4 is 28.6 Å². The molecule has 0 radical (unpaired) electrons. The van der Waals surface area contributed by atoms with Crippen LogP contribution in [0.1, 0.15) is 105 Å². The first-order valence-corrected chi connectivity index (χ1v) is 15.6. The first-order valence-electron chi connectivity index (χ1n) is 15.6. The van der Waals surface area contributed by atoms with E-state index in [2.05, 4.69) is 28.9 Å². The van der Waals surface area contributed by atoms with E-state index in [1.807, 2.05) is 69.3 Å². The monoisotopic (exact) mass is 580 g/mol. The number of unbranched alkanes of at least 4 members (excludes halogenated alkanes) is 1. The van der Waals surface area contributed by atoms with Gasteiger partial charge >= 0.3 is 5.97 Å². The molecule has 0 spiro atoms. The number of carbonyl (C=O) groups is 2. The highest BCUT2D eigenvalue weighted by Gasteiger charge is 2.23. The summed E-state index contributed by atoms with van der Waals surface area (Å²) in [4.78, 5) is 31.0. The van der Waals surface area contributed by atoms with Crippen LogP contribution in [-0.4, -0.2) is 33.1 Å². The second kappa shape index (κ2) is 13.0. The van der Waals surface area contributed by atoms with Crippen LogP contribution in [0.2, 0.25) is 0 Å². The van der Waals surface area contributed by atoms with E-state index in [0.717, 1.165) is 73.0 Å². The first kappa shape index (κ1) is 30.3. The third-order valence-electron chi connectivity index (χ3n) is 8.13. The molecule has 3 N–H and O–H groups in total. The van der Waals surface area contributed by atoms with Crippen LogP contribution in [0, 0.1) is 0 Å². The number of amides is 1. The van der Waals surface area contributed by atoms with Gasteiger partial charge in [0.2, 0.25) is 0 Å². The van der Waals surface area contributed by atoms with Crippen LogP contribution < -0.4 is 11.1 Å². The lowest BCUT2D eigenvalue weighted by Crippen LogP contribution is -2.36. The molecule has 1 fully saturated rings. The van der Waals surface area contributed by atoms with E-state index in [9.17, 15) is 9.59 Å². The van der Waals surface area contributed by atoms with Crippen LogP contribution in [0.25, 0.3) is 22.2 Å². The number of carbonyl (C=O) groups excluding carboxylic acids is 2. The molecule has 1 heterocycles. The van der Waals surface area contributed by atoms with Crippen molar-refractivity contribution < 1.29 is 14.3 Å². The number of imidazole rings is 1. The van der Waals surface area contributed by atoms with Gasteiger partial charge in [0.25, 0.3) is 5.91 Å². The number of nitrogens with zero attached hydrogens (tertiary/aromatic N) is 2. The smallest absolute Gasteiger partial charge is 0.339 e. The number of fused-ring (bicyclic) bond motifs is 1. The minimum absolute atomic E-state index is 0.113. The average molecular weight is 581 g/mol. The highest BCUT2D eigenvalue weighted by atomic mass is 16.6. The maximum Gasteiger partial charge on any atom is 0.339 e. The molecule has 1 saturated carbocycles. The minimum Gasteiger partial charge on any atom is -0.456 e. The number of esters is 1. The quantitative estimate of drug-likeness (QED) is 0.156. The molecule has 1 amide bonds. The summed E-state index contributed by atoms with van der Waals surface area (Å²) in [6.07, 6.45) is 8.49. The number of nitrogens with two attached hydrogens (primary N) is 1. The van der Waals surface area contributed by atoms with Crippen LogP contribution in [0.5, 0.6) is 0 Å². The van der Waals surface area contributed by atoms with Gasteiger partial charge in [0.05, 0.1) is 22.3 Å². The summed E-state index contributed by atoms with van der Waals surface area (Å²) >= 11 is 0. The molecule has 7 nitrogen and oxygen atoms in total. The lowest BCUT2D eigenvalue weighted by atomic mass is 9.95. The maximum absolute atomic E-state index is 13.2. The Morgan fingerprint density at radius 1 is 0.977 bits per heavy atom. The van der Waals surface area contributed by atoms with Crippen molar-refractivity contribution in [2.45, 2.75) is 97.2 Å². The molecule has 1 aliphatic rings. The average Bonchev–Trinajstić information content (AvgIpc) is 3.34. The molecule has 3 aromatic carbocycles. The topological polar surface area (TPSA) is 99.2 Å². The second-order valence-corrected chi connectivity index (χ2v) is 12.7. The minimum atomic E-state index is -0.569. The molecule has 0 unspecified atom stereocenters. The molecule has 226 valence electrons. The summed E-state index contributed by atoms with van der Waals surface area (Å²) in [6, 6.07) is 19.9. The normalized spacial score (nSPS) is 14.1. The standard InChI is InChI=1S/C36H44N4O3/c1-5-6-16-31-39-33-30(22-21-29(32(33)37)34(41)38-26-12-8-7-9-13-26)40(31)23-24-17-19-25(20-18-24)27-14-10-11-15-28(27)35(42)43-36(2,3)4/h10-11,14-15,17-22,26H,5-9,12-13,16,23,37H2,1-4H3,(H,38,41). The van der Waals surface area contributed by atoms with E-state index in [-0.39, 0.29) is 17.9 Å². The molecule has 0 atom stereocenters. The fourth-order valence-corrected chi connectivity index (χ4v) is 5.89. The van der Waals surface area contributed by atoms with Crippen molar-refractivity contribution in [3.8, 4) is 11.1 Å². The molecular weight excluding hydrogens is 536 g/mol. The molecule has 43 heavy (non-hydrogen) atoms. The number of aromatic nitrogens is 2. The van der Waals surface area contributed by atoms with Crippen LogP contribution in [0.15, 0.2) is 60.7 Å². The van der Waals surface area contributed by atoms with E-state index in [4.69, 9.17) is 15.5 Å². The van der Waals surface area contributed by atoms with Gasteiger partial charge in [-0.3, -0.25) is 4.79 Å². The van der Waals surface area contributed by atoms with Gasteiger partial charge in [-0.25, -0.2) is 9.78 Å². The van der Waals surface area contributed by atoms with Crippen LogP contribution in [-0.2, 0) is 17.7 Å². The maximum atomic E-state index is 13.2. The number of hydrogen-bond donors (Lipinski definition) is 2. The number of nitrogens with one attached hydrogen (secondary N) is 1. The first-order chi connectivity index (χ1) is 20.6. The molecular formula is C36H44N4O3. The van der Waals surface area contributed by atoms with Gasteiger partial charge in [0.1, 0.15) is 16.9 Å².